The molecule has 150 valence electrons. The van der Waals surface area contributed by atoms with Crippen molar-refractivity contribution in [1.82, 2.24) is 0 Å². The van der Waals surface area contributed by atoms with E-state index in [2.05, 4.69) is 58.0 Å². The lowest BCUT2D eigenvalue weighted by Crippen LogP contribution is -2.05. The molecule has 1 saturated heterocycles. The third kappa shape index (κ3) is 5.97. The molecule has 0 spiro atoms. The highest BCUT2D eigenvalue weighted by molar-refractivity contribution is 7.91. The van der Waals surface area contributed by atoms with Gasteiger partial charge in [0.25, 0.3) is 0 Å². The maximum absolute atomic E-state index is 12.6. The Balaban J connectivity index is 1.43. The Morgan fingerprint density at radius 1 is 1.04 bits per heavy atom. The summed E-state index contributed by atoms with van der Waals surface area (Å²) >= 11 is -0.989. The van der Waals surface area contributed by atoms with Crippen molar-refractivity contribution in [2.75, 3.05) is 5.75 Å². The maximum Gasteiger partial charge on any atom is 0.153 e. The zero-order valence-corrected chi connectivity index (χ0v) is 18.4. The minimum absolute atomic E-state index is 0.0975. The Hall–Kier alpha value is -1.55. The van der Waals surface area contributed by atoms with Gasteiger partial charge in [-0.15, -0.1) is 0 Å². The zero-order chi connectivity index (χ0) is 20.1. The second-order valence-electron chi connectivity index (χ2n) is 8.41. The Kier molecular flexibility index (Phi) is 7.03. The lowest BCUT2D eigenvalue weighted by Gasteiger charge is -2.10. The number of fused-ring (bicyclic) bond motifs is 1. The first-order valence-corrected chi connectivity index (χ1v) is 11.5. The van der Waals surface area contributed by atoms with Gasteiger partial charge in [-0.1, -0.05) is 41.5 Å². The monoisotopic (exact) mass is 396 g/mol. The van der Waals surface area contributed by atoms with Crippen molar-refractivity contribution in [2.24, 2.45) is 0 Å². The molecule has 0 radical (unpaired) electrons. The predicted molar refractivity (Wildman–Crippen MR) is 120 cm³/mol. The van der Waals surface area contributed by atoms with Gasteiger partial charge in [0.15, 0.2) is 4.90 Å². The van der Waals surface area contributed by atoms with E-state index >= 15 is 0 Å². The van der Waals surface area contributed by atoms with Crippen molar-refractivity contribution >= 4 is 21.9 Å². The van der Waals surface area contributed by atoms with Gasteiger partial charge in [0, 0.05) is 6.07 Å². The number of benzene rings is 2. The van der Waals surface area contributed by atoms with Crippen molar-refractivity contribution in [3.8, 4) is 0 Å². The number of ether oxygens (including phenoxy) is 1. The highest BCUT2D eigenvalue weighted by Crippen LogP contribution is 2.38. The smallest absolute Gasteiger partial charge is 0.153 e. The molecule has 2 aromatic rings. The zero-order valence-electron chi connectivity index (χ0n) is 17.5. The van der Waals surface area contributed by atoms with Crippen LogP contribution in [0.4, 0.5) is 0 Å². The molecule has 1 heterocycles. The fraction of sp³-hybridized carbons (Fsp3) is 0.440. The van der Waals surface area contributed by atoms with Crippen LogP contribution in [0.5, 0.6) is 0 Å². The van der Waals surface area contributed by atoms with Crippen molar-refractivity contribution in [2.45, 2.75) is 70.0 Å². The topological polar surface area (TPSA) is 35.6 Å². The van der Waals surface area contributed by atoms with Crippen LogP contribution in [0.2, 0.25) is 0 Å². The number of hydrogen-bond acceptors (Lipinski definition) is 2. The molecule has 3 rings (SSSR count). The molecule has 0 N–H and O–H groups in total. The van der Waals surface area contributed by atoms with E-state index in [0.29, 0.717) is 11.9 Å². The van der Waals surface area contributed by atoms with Gasteiger partial charge in [0.2, 0.25) is 0 Å². The first-order valence-electron chi connectivity index (χ1n) is 10.2. The van der Waals surface area contributed by atoms with Gasteiger partial charge in [0.05, 0.1) is 11.7 Å². The van der Waals surface area contributed by atoms with Gasteiger partial charge >= 0.3 is 0 Å². The molecule has 0 bridgehead atoms. The van der Waals surface area contributed by atoms with Crippen LogP contribution in [-0.2, 0) is 15.9 Å². The van der Waals surface area contributed by atoms with Crippen LogP contribution in [0.25, 0.3) is 10.8 Å². The second kappa shape index (κ2) is 9.30. The normalized spacial score (nSPS) is 20.4. The van der Waals surface area contributed by atoms with E-state index in [9.17, 15) is 4.55 Å². The number of epoxide rings is 1. The van der Waals surface area contributed by atoms with Gasteiger partial charge in [0.1, 0.15) is 5.75 Å². The predicted octanol–water partition coefficient (Wildman–Crippen LogP) is 6.58. The lowest BCUT2D eigenvalue weighted by molar-refractivity contribution is 0.320. The standard InChI is InChI=1S/C25H32O2S/c1-19(12-15-24-25(3,4)27-24)8-7-9-20(2)16-17-28(26)23-14-13-21-10-5-6-11-22(21)18-23/h5-6,8,10-11,13-14,16,18,24H,7,9,12,15,17H2,1-4H3. The van der Waals surface area contributed by atoms with E-state index in [1.807, 2.05) is 24.3 Å². The number of allylic oxidation sites excluding steroid dienone is 3. The summed E-state index contributed by atoms with van der Waals surface area (Å²) in [5, 5.41) is 2.34. The third-order valence-electron chi connectivity index (χ3n) is 5.56. The van der Waals surface area contributed by atoms with Gasteiger partial charge in [-0.25, -0.2) is 0 Å². The summed E-state index contributed by atoms with van der Waals surface area (Å²) in [6, 6.07) is 14.3. The van der Waals surface area contributed by atoms with Gasteiger partial charge in [-0.2, -0.15) is 0 Å². The molecule has 2 nitrogen and oxygen atoms in total. The lowest BCUT2D eigenvalue weighted by atomic mass is 10.0. The molecule has 1 aliphatic heterocycles. The molecule has 2 atom stereocenters. The minimum Gasteiger partial charge on any atom is -0.611 e. The first kappa shape index (κ1) is 21.2. The van der Waals surface area contributed by atoms with Gasteiger partial charge in [-0.05, 0) is 93.5 Å². The summed E-state index contributed by atoms with van der Waals surface area (Å²) in [5.74, 6) is 0.584. The summed E-state index contributed by atoms with van der Waals surface area (Å²) in [7, 11) is 0. The van der Waals surface area contributed by atoms with Crippen molar-refractivity contribution < 1.29 is 9.29 Å². The fourth-order valence-electron chi connectivity index (χ4n) is 3.47. The van der Waals surface area contributed by atoms with Crippen LogP contribution in [0.3, 0.4) is 0 Å². The number of rotatable bonds is 9. The van der Waals surface area contributed by atoms with Gasteiger partial charge < -0.3 is 9.29 Å². The van der Waals surface area contributed by atoms with E-state index in [4.69, 9.17) is 4.74 Å². The molecular formula is C25H32O2S. The van der Waals surface area contributed by atoms with Crippen LogP contribution < -0.4 is 0 Å². The van der Waals surface area contributed by atoms with E-state index in [1.165, 1.54) is 16.5 Å². The van der Waals surface area contributed by atoms with Crippen molar-refractivity contribution in [1.29, 1.82) is 0 Å². The van der Waals surface area contributed by atoms with E-state index in [0.717, 1.165) is 36.0 Å². The SMILES string of the molecule is CC(=CC[S+]([O-])c1ccc2ccccc2c1)CCC=C(C)CCC1OC1(C)C. The second-order valence-corrected chi connectivity index (χ2v) is 9.91. The molecule has 1 fully saturated rings. The maximum atomic E-state index is 12.6. The Morgan fingerprint density at radius 2 is 1.71 bits per heavy atom. The molecule has 28 heavy (non-hydrogen) atoms. The Labute approximate surface area is 172 Å². The van der Waals surface area contributed by atoms with Crippen molar-refractivity contribution in [3.05, 3.63) is 65.8 Å². The van der Waals surface area contributed by atoms with Crippen LogP contribution in [0.1, 0.15) is 53.4 Å². The largest absolute Gasteiger partial charge is 0.611 e. The minimum atomic E-state index is -0.989. The average Bonchev–Trinajstić information content (AvgIpc) is 3.30. The summed E-state index contributed by atoms with van der Waals surface area (Å²) < 4.78 is 18.3. The summed E-state index contributed by atoms with van der Waals surface area (Å²) in [4.78, 5) is 0.906. The average molecular weight is 397 g/mol. The third-order valence-corrected chi connectivity index (χ3v) is 6.81. The first-order chi connectivity index (χ1) is 13.3. The van der Waals surface area contributed by atoms with Crippen LogP contribution in [-0.4, -0.2) is 22.0 Å². The Bertz CT molecular complexity index is 866. The highest BCUT2D eigenvalue weighted by atomic mass is 32.2. The molecule has 0 saturated carbocycles. The summed E-state index contributed by atoms with van der Waals surface area (Å²) in [6.07, 6.45) is 9.21. The van der Waals surface area contributed by atoms with E-state index < -0.39 is 11.2 Å². The summed E-state index contributed by atoms with van der Waals surface area (Å²) in [6.45, 7) is 8.67. The highest BCUT2D eigenvalue weighted by Gasteiger charge is 2.46. The molecule has 2 aromatic carbocycles. The molecule has 0 amide bonds. The molecular weight excluding hydrogens is 364 g/mol. The molecule has 2 unspecified atom stereocenters. The van der Waals surface area contributed by atoms with E-state index in [-0.39, 0.29) is 5.60 Å². The van der Waals surface area contributed by atoms with Gasteiger partial charge in [-0.3, -0.25) is 0 Å². The molecule has 3 heteroatoms. The van der Waals surface area contributed by atoms with E-state index in [1.54, 1.807) is 0 Å². The quantitative estimate of drug-likeness (QED) is 0.273. The Morgan fingerprint density at radius 3 is 2.43 bits per heavy atom. The molecule has 0 aliphatic carbocycles. The fourth-order valence-corrected chi connectivity index (χ4v) is 4.58. The summed E-state index contributed by atoms with van der Waals surface area (Å²) in [5.41, 5.74) is 2.85. The van der Waals surface area contributed by atoms with Crippen LogP contribution >= 0.6 is 0 Å². The van der Waals surface area contributed by atoms with Crippen molar-refractivity contribution in [3.63, 3.8) is 0 Å². The molecule has 0 aromatic heterocycles. The molecule has 1 aliphatic rings. The number of hydrogen-bond donors (Lipinski definition) is 0. The van der Waals surface area contributed by atoms with Crippen LogP contribution in [0.15, 0.2) is 70.7 Å². The van der Waals surface area contributed by atoms with Crippen LogP contribution in [0, 0.1) is 0 Å².